The molecule has 2 aromatic heterocycles. The van der Waals surface area contributed by atoms with E-state index in [1.165, 1.54) is 5.01 Å². The van der Waals surface area contributed by atoms with Gasteiger partial charge in [-0.1, -0.05) is 0 Å². The standard InChI is InChI=1S/C15H21N3OS/c1-2-19-10-4-8-16-9-6-15-18-14(12-20-15)13-5-3-7-17-11-13/h3,5,7,11-12,16H,2,4,6,8-10H2,1H3. The molecule has 0 aliphatic rings. The van der Waals surface area contributed by atoms with Gasteiger partial charge in [0.15, 0.2) is 0 Å². The Morgan fingerprint density at radius 3 is 3.10 bits per heavy atom. The molecule has 0 radical (unpaired) electrons. The molecule has 0 spiro atoms. The normalized spacial score (nSPS) is 10.8. The van der Waals surface area contributed by atoms with Crippen LogP contribution in [0.25, 0.3) is 11.3 Å². The Balaban J connectivity index is 1.69. The van der Waals surface area contributed by atoms with Crippen LogP contribution in [0, 0.1) is 0 Å². The van der Waals surface area contributed by atoms with Crippen LogP contribution in [0.4, 0.5) is 0 Å². The van der Waals surface area contributed by atoms with Gasteiger partial charge in [0.2, 0.25) is 0 Å². The lowest BCUT2D eigenvalue weighted by atomic mass is 10.2. The SMILES string of the molecule is CCOCCCNCCc1nc(-c2cccnc2)cs1. The van der Waals surface area contributed by atoms with E-state index >= 15 is 0 Å². The van der Waals surface area contributed by atoms with E-state index in [9.17, 15) is 0 Å². The molecule has 0 fully saturated rings. The number of aromatic nitrogens is 2. The van der Waals surface area contributed by atoms with Crippen molar-refractivity contribution < 1.29 is 4.74 Å². The van der Waals surface area contributed by atoms with E-state index in [2.05, 4.69) is 20.7 Å². The predicted octanol–water partition coefficient (Wildman–Crippen LogP) is 2.76. The van der Waals surface area contributed by atoms with E-state index in [0.717, 1.165) is 50.4 Å². The van der Waals surface area contributed by atoms with Crippen LogP contribution in [-0.2, 0) is 11.2 Å². The summed E-state index contributed by atoms with van der Waals surface area (Å²) in [5, 5.41) is 6.68. The second-order valence-corrected chi connectivity index (χ2v) is 5.36. The molecular weight excluding hydrogens is 270 g/mol. The number of nitrogens with one attached hydrogen (secondary N) is 1. The summed E-state index contributed by atoms with van der Waals surface area (Å²) in [4.78, 5) is 8.76. The Labute approximate surface area is 124 Å². The first kappa shape index (κ1) is 15.1. The molecular formula is C15H21N3OS. The Morgan fingerprint density at radius 1 is 1.35 bits per heavy atom. The highest BCUT2D eigenvalue weighted by atomic mass is 32.1. The summed E-state index contributed by atoms with van der Waals surface area (Å²) < 4.78 is 5.29. The summed E-state index contributed by atoms with van der Waals surface area (Å²) in [6, 6.07) is 3.98. The van der Waals surface area contributed by atoms with E-state index in [4.69, 9.17) is 4.74 Å². The molecule has 2 heterocycles. The summed E-state index contributed by atoms with van der Waals surface area (Å²) in [6.45, 7) is 5.63. The highest BCUT2D eigenvalue weighted by molar-refractivity contribution is 7.09. The van der Waals surface area contributed by atoms with Gasteiger partial charge in [-0.3, -0.25) is 4.98 Å². The second-order valence-electron chi connectivity index (χ2n) is 4.42. The molecule has 1 N–H and O–H groups in total. The van der Waals surface area contributed by atoms with Gasteiger partial charge in [0.25, 0.3) is 0 Å². The molecule has 0 aliphatic heterocycles. The maximum atomic E-state index is 5.29. The van der Waals surface area contributed by atoms with Crippen molar-refractivity contribution >= 4 is 11.3 Å². The van der Waals surface area contributed by atoms with Crippen LogP contribution in [0.1, 0.15) is 18.4 Å². The van der Waals surface area contributed by atoms with Gasteiger partial charge in [0.05, 0.1) is 10.7 Å². The average molecular weight is 291 g/mol. The Hall–Kier alpha value is -1.30. The van der Waals surface area contributed by atoms with E-state index in [1.807, 2.05) is 25.3 Å². The predicted molar refractivity (Wildman–Crippen MR) is 83.0 cm³/mol. The molecule has 0 saturated heterocycles. The quantitative estimate of drug-likeness (QED) is 0.722. The molecule has 0 atom stereocenters. The molecule has 0 saturated carbocycles. The minimum atomic E-state index is 0.802. The van der Waals surface area contributed by atoms with Crippen molar-refractivity contribution in [2.45, 2.75) is 19.8 Å². The number of hydrogen-bond donors (Lipinski definition) is 1. The summed E-state index contributed by atoms with van der Waals surface area (Å²) in [7, 11) is 0. The largest absolute Gasteiger partial charge is 0.382 e. The lowest BCUT2D eigenvalue weighted by Crippen LogP contribution is -2.19. The highest BCUT2D eigenvalue weighted by Gasteiger charge is 2.04. The number of hydrogen-bond acceptors (Lipinski definition) is 5. The lowest BCUT2D eigenvalue weighted by Gasteiger charge is -2.03. The maximum absolute atomic E-state index is 5.29. The first-order chi connectivity index (χ1) is 9.90. The van der Waals surface area contributed by atoms with Gasteiger partial charge >= 0.3 is 0 Å². The smallest absolute Gasteiger partial charge is 0.0945 e. The third-order valence-electron chi connectivity index (χ3n) is 2.87. The molecule has 108 valence electrons. The molecule has 2 rings (SSSR count). The topological polar surface area (TPSA) is 47.0 Å². The van der Waals surface area contributed by atoms with Gasteiger partial charge in [-0.2, -0.15) is 0 Å². The fourth-order valence-electron chi connectivity index (χ4n) is 1.84. The van der Waals surface area contributed by atoms with Crippen molar-refractivity contribution in [2.75, 3.05) is 26.3 Å². The van der Waals surface area contributed by atoms with Gasteiger partial charge in [-0.25, -0.2) is 4.98 Å². The van der Waals surface area contributed by atoms with E-state index < -0.39 is 0 Å². The molecule has 0 aromatic carbocycles. The molecule has 0 aliphatic carbocycles. The number of rotatable bonds is 9. The number of thiazole rings is 1. The van der Waals surface area contributed by atoms with Crippen LogP contribution >= 0.6 is 11.3 Å². The van der Waals surface area contributed by atoms with E-state index in [-0.39, 0.29) is 0 Å². The van der Waals surface area contributed by atoms with Crippen molar-refractivity contribution in [3.05, 3.63) is 34.9 Å². The first-order valence-electron chi connectivity index (χ1n) is 7.03. The average Bonchev–Trinajstić information content (AvgIpc) is 2.96. The van der Waals surface area contributed by atoms with Crippen molar-refractivity contribution in [2.24, 2.45) is 0 Å². The highest BCUT2D eigenvalue weighted by Crippen LogP contribution is 2.20. The fraction of sp³-hybridized carbons (Fsp3) is 0.467. The third-order valence-corrected chi connectivity index (χ3v) is 3.78. The Kier molecular flexibility index (Phi) is 6.63. The first-order valence-corrected chi connectivity index (χ1v) is 7.91. The summed E-state index contributed by atoms with van der Waals surface area (Å²) >= 11 is 1.71. The van der Waals surface area contributed by atoms with E-state index in [0.29, 0.717) is 0 Å². The summed E-state index contributed by atoms with van der Waals surface area (Å²) in [6.07, 6.45) is 5.67. The molecule has 20 heavy (non-hydrogen) atoms. The monoisotopic (exact) mass is 291 g/mol. The van der Waals surface area contributed by atoms with Crippen LogP contribution in [0.5, 0.6) is 0 Å². The van der Waals surface area contributed by atoms with Crippen LogP contribution in [0.15, 0.2) is 29.9 Å². The van der Waals surface area contributed by atoms with Crippen molar-refractivity contribution in [1.29, 1.82) is 0 Å². The van der Waals surface area contributed by atoms with Crippen LogP contribution in [-0.4, -0.2) is 36.3 Å². The van der Waals surface area contributed by atoms with Crippen LogP contribution in [0.3, 0.4) is 0 Å². The summed E-state index contributed by atoms with van der Waals surface area (Å²) in [5.41, 5.74) is 2.11. The fourth-order valence-corrected chi connectivity index (χ4v) is 2.64. The van der Waals surface area contributed by atoms with Gasteiger partial charge in [-0.05, 0) is 32.0 Å². The van der Waals surface area contributed by atoms with Crippen LogP contribution < -0.4 is 5.32 Å². The van der Waals surface area contributed by atoms with Crippen LogP contribution in [0.2, 0.25) is 0 Å². The van der Waals surface area contributed by atoms with Crippen molar-refractivity contribution in [3.8, 4) is 11.3 Å². The van der Waals surface area contributed by atoms with Crippen molar-refractivity contribution in [3.63, 3.8) is 0 Å². The number of pyridine rings is 1. The minimum absolute atomic E-state index is 0.802. The second kappa shape index (κ2) is 8.79. The zero-order valence-corrected chi connectivity index (χ0v) is 12.7. The molecule has 4 nitrogen and oxygen atoms in total. The lowest BCUT2D eigenvalue weighted by molar-refractivity contribution is 0.145. The maximum Gasteiger partial charge on any atom is 0.0945 e. The van der Waals surface area contributed by atoms with Gasteiger partial charge in [0, 0.05) is 49.5 Å². The molecule has 5 heteroatoms. The number of nitrogens with zero attached hydrogens (tertiary/aromatic N) is 2. The Bertz CT molecular complexity index is 487. The zero-order valence-electron chi connectivity index (χ0n) is 11.8. The minimum Gasteiger partial charge on any atom is -0.382 e. The number of ether oxygens (including phenoxy) is 1. The molecule has 0 bridgehead atoms. The van der Waals surface area contributed by atoms with E-state index in [1.54, 1.807) is 17.5 Å². The molecule has 0 unspecified atom stereocenters. The molecule has 2 aromatic rings. The van der Waals surface area contributed by atoms with Gasteiger partial charge < -0.3 is 10.1 Å². The van der Waals surface area contributed by atoms with Crippen molar-refractivity contribution in [1.82, 2.24) is 15.3 Å². The summed E-state index contributed by atoms with van der Waals surface area (Å²) in [5.74, 6) is 0. The zero-order chi connectivity index (χ0) is 14.0. The molecule has 0 amide bonds. The Morgan fingerprint density at radius 2 is 2.30 bits per heavy atom. The van der Waals surface area contributed by atoms with Gasteiger partial charge in [-0.15, -0.1) is 11.3 Å². The van der Waals surface area contributed by atoms with Gasteiger partial charge in [0.1, 0.15) is 0 Å². The third kappa shape index (κ3) is 5.00.